The highest BCUT2D eigenvalue weighted by Gasteiger charge is 2.36. The smallest absolute Gasteiger partial charge is 0.345 e. The molecule has 10 heteroatoms. The normalized spacial score (nSPS) is 20.7. The Kier molecular flexibility index (Phi) is 6.05. The summed E-state index contributed by atoms with van der Waals surface area (Å²) in [4.78, 5) is 2.24. The molecule has 3 aliphatic rings. The first kappa shape index (κ1) is 23.2. The fourth-order valence-corrected chi connectivity index (χ4v) is 6.98. The summed E-state index contributed by atoms with van der Waals surface area (Å²) in [6.45, 7) is 5.57. The Morgan fingerprint density at radius 2 is 1.88 bits per heavy atom. The van der Waals surface area contributed by atoms with Crippen molar-refractivity contribution in [3.63, 3.8) is 0 Å². The molecule has 1 unspecified atom stereocenters. The van der Waals surface area contributed by atoms with E-state index in [1.807, 2.05) is 0 Å². The third-order valence-corrected chi connectivity index (χ3v) is 8.76. The van der Waals surface area contributed by atoms with E-state index in [1.54, 1.807) is 17.9 Å². The third-order valence-electron chi connectivity index (χ3n) is 7.35. The van der Waals surface area contributed by atoms with E-state index >= 15 is 0 Å². The van der Waals surface area contributed by atoms with Crippen LogP contribution in [0.3, 0.4) is 0 Å². The van der Waals surface area contributed by atoms with Crippen molar-refractivity contribution in [2.45, 2.75) is 70.9 Å². The number of rotatable bonds is 6. The minimum atomic E-state index is -4.28. The van der Waals surface area contributed by atoms with Crippen molar-refractivity contribution >= 4 is 27.6 Å². The molecule has 5 rings (SSSR count). The lowest BCUT2D eigenvalue weighted by molar-refractivity contribution is -0.213. The second-order valence-corrected chi connectivity index (χ2v) is 11.4. The third kappa shape index (κ3) is 4.29. The molecule has 2 heterocycles. The van der Waals surface area contributed by atoms with Gasteiger partial charge in [-0.05, 0) is 81.0 Å². The highest BCUT2D eigenvalue weighted by molar-refractivity contribution is 7.91. The van der Waals surface area contributed by atoms with Gasteiger partial charge >= 0.3 is 10.2 Å². The van der Waals surface area contributed by atoms with Gasteiger partial charge in [0.2, 0.25) is 0 Å². The fraction of sp³-hybridized carbons (Fsp3) is 0.583. The number of aryl methyl sites for hydroxylation is 3. The molecule has 1 aromatic carbocycles. The summed E-state index contributed by atoms with van der Waals surface area (Å²) >= 11 is 0. The van der Waals surface area contributed by atoms with Gasteiger partial charge in [0.1, 0.15) is 0 Å². The molecular formula is C24H33N6O3S-. The molecule has 0 spiro atoms. The summed E-state index contributed by atoms with van der Waals surface area (Å²) < 4.78 is 33.6. The number of benzene rings is 1. The van der Waals surface area contributed by atoms with Crippen LogP contribution >= 0.6 is 0 Å². The first-order valence-electron chi connectivity index (χ1n) is 12.2. The Morgan fingerprint density at radius 1 is 1.21 bits per heavy atom. The maximum Gasteiger partial charge on any atom is 0.345 e. The highest BCUT2D eigenvalue weighted by atomic mass is 32.2. The van der Waals surface area contributed by atoms with Crippen LogP contribution in [0.2, 0.25) is 0 Å². The van der Waals surface area contributed by atoms with Crippen molar-refractivity contribution in [3.8, 4) is 0 Å². The number of nitrogens with one attached hydrogen (secondary N) is 1. The average molecular weight is 486 g/mol. The first-order valence-corrected chi connectivity index (χ1v) is 13.6. The Bertz CT molecular complexity index is 1190. The molecule has 1 aliphatic heterocycles. The van der Waals surface area contributed by atoms with Crippen LogP contribution in [0, 0.1) is 0 Å². The summed E-state index contributed by atoms with van der Waals surface area (Å²) in [7, 11) is -2.54. The zero-order valence-electron chi connectivity index (χ0n) is 20.1. The number of amidine groups is 1. The fourth-order valence-electron chi connectivity index (χ4n) is 5.73. The van der Waals surface area contributed by atoms with E-state index in [4.69, 9.17) is 0 Å². The second-order valence-electron chi connectivity index (χ2n) is 9.93. The van der Waals surface area contributed by atoms with Crippen LogP contribution in [0.1, 0.15) is 55.4 Å². The standard InChI is InChI=1S/C24H34N6O3S/c1-16(2)29-11-10-19(15-29)30(20-13-25-28(3)14-20)34(32,33)27-24(31)26-23-21-8-4-6-17(21)12-18-7-5-9-22(18)23/h12-14,16,19H,4-11,15H2,1-3H3,(H2,26,27,31)/p-1. The number of likely N-dealkylation sites (tertiary alicyclic amines) is 1. The summed E-state index contributed by atoms with van der Waals surface area (Å²) in [6, 6.07) is 1.45. The van der Waals surface area contributed by atoms with Gasteiger partial charge in [0.05, 0.1) is 23.9 Å². The maximum atomic E-state index is 13.5. The monoisotopic (exact) mass is 485 g/mol. The average Bonchev–Trinajstić information content (AvgIpc) is 3.54. The van der Waals surface area contributed by atoms with Gasteiger partial charge in [0.15, 0.2) is 0 Å². The van der Waals surface area contributed by atoms with Crippen LogP contribution in [0.4, 0.5) is 11.4 Å². The molecule has 1 fully saturated rings. The van der Waals surface area contributed by atoms with Crippen molar-refractivity contribution in [1.82, 2.24) is 14.7 Å². The van der Waals surface area contributed by atoms with Gasteiger partial charge < -0.3 is 10.4 Å². The van der Waals surface area contributed by atoms with Gasteiger partial charge in [-0.25, -0.2) is 4.31 Å². The largest absolute Gasteiger partial charge is 0.845 e. The summed E-state index contributed by atoms with van der Waals surface area (Å²) in [6.07, 6.45) is 9.76. The van der Waals surface area contributed by atoms with Gasteiger partial charge in [-0.3, -0.25) is 9.58 Å². The van der Waals surface area contributed by atoms with E-state index in [9.17, 15) is 13.5 Å². The van der Waals surface area contributed by atoms with Gasteiger partial charge in [-0.1, -0.05) is 6.07 Å². The van der Waals surface area contributed by atoms with Crippen LogP contribution in [0.25, 0.3) is 0 Å². The number of anilines is 2. The van der Waals surface area contributed by atoms with Crippen molar-refractivity contribution < 1.29 is 13.5 Å². The number of fused-ring (bicyclic) bond motifs is 2. The van der Waals surface area contributed by atoms with Gasteiger partial charge in [0, 0.05) is 38.1 Å². The first-order chi connectivity index (χ1) is 16.2. The van der Waals surface area contributed by atoms with E-state index in [0.29, 0.717) is 24.7 Å². The van der Waals surface area contributed by atoms with Crippen LogP contribution < -0.4 is 14.7 Å². The van der Waals surface area contributed by atoms with Gasteiger partial charge in [-0.15, -0.1) is 4.40 Å². The Balaban J connectivity index is 1.47. The molecule has 9 nitrogen and oxygen atoms in total. The van der Waals surface area contributed by atoms with E-state index < -0.39 is 16.2 Å². The topological polar surface area (TPSA) is 106 Å². The molecule has 1 aromatic heterocycles. The predicted molar refractivity (Wildman–Crippen MR) is 131 cm³/mol. The minimum Gasteiger partial charge on any atom is -0.845 e. The zero-order chi connectivity index (χ0) is 24.0. The van der Waals surface area contributed by atoms with E-state index in [2.05, 4.69) is 39.6 Å². The molecule has 34 heavy (non-hydrogen) atoms. The van der Waals surface area contributed by atoms with Gasteiger partial charge in [-0.2, -0.15) is 13.5 Å². The molecule has 0 bridgehead atoms. The lowest BCUT2D eigenvalue weighted by atomic mass is 9.99. The molecule has 2 aromatic rings. The molecule has 184 valence electrons. The van der Waals surface area contributed by atoms with E-state index in [0.717, 1.165) is 61.9 Å². The van der Waals surface area contributed by atoms with Crippen LogP contribution in [-0.2, 0) is 42.9 Å². The predicted octanol–water partition coefficient (Wildman–Crippen LogP) is 1.76. The second kappa shape index (κ2) is 8.88. The molecular weight excluding hydrogens is 452 g/mol. The van der Waals surface area contributed by atoms with Crippen molar-refractivity contribution in [1.29, 1.82) is 0 Å². The molecule has 1 saturated heterocycles. The minimum absolute atomic E-state index is 0.307. The van der Waals surface area contributed by atoms with Crippen LogP contribution in [-0.4, -0.2) is 54.3 Å². The van der Waals surface area contributed by atoms with Crippen LogP contribution in [0.15, 0.2) is 22.9 Å². The van der Waals surface area contributed by atoms with E-state index in [1.165, 1.54) is 21.6 Å². The molecule has 0 amide bonds. The van der Waals surface area contributed by atoms with Crippen molar-refractivity contribution in [2.75, 3.05) is 22.7 Å². The Morgan fingerprint density at radius 3 is 2.44 bits per heavy atom. The molecule has 0 radical (unpaired) electrons. The molecule has 1 N–H and O–H groups in total. The number of nitrogens with zero attached hydrogens (tertiary/aromatic N) is 5. The molecule has 1 atom stereocenters. The lowest BCUT2D eigenvalue weighted by Crippen LogP contribution is -2.43. The zero-order valence-corrected chi connectivity index (χ0v) is 20.9. The van der Waals surface area contributed by atoms with Crippen molar-refractivity contribution in [2.24, 2.45) is 11.4 Å². The number of hydrogen-bond donors (Lipinski definition) is 1. The maximum absolute atomic E-state index is 13.5. The number of hydrogen-bond acceptors (Lipinski definition) is 5. The Labute approximate surface area is 201 Å². The summed E-state index contributed by atoms with van der Waals surface area (Å²) in [5.74, 6) is 0. The summed E-state index contributed by atoms with van der Waals surface area (Å²) in [5, 5.41) is 20.1. The lowest BCUT2D eigenvalue weighted by Gasteiger charge is -2.29. The van der Waals surface area contributed by atoms with Crippen molar-refractivity contribution in [3.05, 3.63) is 40.7 Å². The molecule has 2 aliphatic carbocycles. The highest BCUT2D eigenvalue weighted by Crippen LogP contribution is 2.38. The number of aromatic nitrogens is 2. The van der Waals surface area contributed by atoms with Gasteiger partial charge in [0.25, 0.3) is 0 Å². The quantitative estimate of drug-likeness (QED) is 0.494. The SMILES string of the molecule is CC(C)N1CCC(N(c2cnn(C)c2)S(=O)(=O)/N=C(\[O-])Nc2c3c(cc4c2CCC4)CCC3)C1. The molecule has 0 saturated carbocycles. The Hall–Kier alpha value is -2.59. The summed E-state index contributed by atoms with van der Waals surface area (Å²) in [5.41, 5.74) is 6.07. The van der Waals surface area contributed by atoms with Crippen LogP contribution in [0.5, 0.6) is 0 Å². The van der Waals surface area contributed by atoms with E-state index in [-0.39, 0.29) is 6.04 Å².